The second-order valence-corrected chi connectivity index (χ2v) is 7.57. The summed E-state index contributed by atoms with van der Waals surface area (Å²) in [6.45, 7) is 8.68. The molecule has 0 N–H and O–H groups in total. The Labute approximate surface area is 167 Å². The fraction of sp³-hybridized carbons (Fsp3) is 0.474. The Morgan fingerprint density at radius 3 is 2.63 bits per heavy atom. The summed E-state index contributed by atoms with van der Waals surface area (Å²) in [5, 5.41) is 8.59. The molecule has 0 spiro atoms. The van der Waals surface area contributed by atoms with Crippen LogP contribution in [0.2, 0.25) is 0 Å². The number of fused-ring (bicyclic) bond motifs is 1. The molecule has 0 aliphatic carbocycles. The molecular formula is C19H24BrN5O2. The highest BCUT2D eigenvalue weighted by molar-refractivity contribution is 9.10. The van der Waals surface area contributed by atoms with Gasteiger partial charge in [0, 0.05) is 11.6 Å². The zero-order valence-electron chi connectivity index (χ0n) is 16.2. The van der Waals surface area contributed by atoms with Crippen molar-refractivity contribution in [3.05, 3.63) is 34.1 Å². The molecule has 2 heterocycles. The number of methoxy groups -OCH3 is 1. The summed E-state index contributed by atoms with van der Waals surface area (Å²) < 4.78 is 13.9. The van der Waals surface area contributed by atoms with Gasteiger partial charge in [-0.3, -0.25) is 0 Å². The van der Waals surface area contributed by atoms with Gasteiger partial charge < -0.3 is 9.47 Å². The van der Waals surface area contributed by atoms with Crippen molar-refractivity contribution in [2.45, 2.75) is 46.1 Å². The van der Waals surface area contributed by atoms with Gasteiger partial charge in [0.1, 0.15) is 11.9 Å². The normalized spacial score (nSPS) is 12.7. The largest absolute Gasteiger partial charge is 0.470 e. The van der Waals surface area contributed by atoms with Crippen LogP contribution in [0.25, 0.3) is 16.9 Å². The van der Waals surface area contributed by atoms with Gasteiger partial charge in [0.15, 0.2) is 11.2 Å². The highest BCUT2D eigenvalue weighted by Crippen LogP contribution is 2.29. The number of halogens is 1. The Kier molecular flexibility index (Phi) is 6.06. The standard InChI is InChI=1S/C19H24BrN5O2/c1-6-14(10-26-5)27-19-17-18(21-12(4)22-19)25(24-23-17)16-8-7-13(11(2)3)9-15(16)20/h7-9,11,14H,6,10H2,1-5H3. The smallest absolute Gasteiger partial charge is 0.248 e. The summed E-state index contributed by atoms with van der Waals surface area (Å²) in [5.74, 6) is 1.48. The molecule has 27 heavy (non-hydrogen) atoms. The van der Waals surface area contributed by atoms with Crippen molar-refractivity contribution in [1.29, 1.82) is 0 Å². The molecule has 8 heteroatoms. The third-order valence-electron chi connectivity index (χ3n) is 4.33. The summed E-state index contributed by atoms with van der Waals surface area (Å²) in [5.41, 5.74) is 3.27. The number of benzene rings is 1. The fourth-order valence-corrected chi connectivity index (χ4v) is 3.34. The van der Waals surface area contributed by atoms with E-state index in [1.165, 1.54) is 5.56 Å². The van der Waals surface area contributed by atoms with Gasteiger partial charge in [-0.15, -0.1) is 5.10 Å². The quantitative estimate of drug-likeness (QED) is 0.555. The zero-order chi connectivity index (χ0) is 19.6. The SMILES string of the molecule is CCC(COC)Oc1nc(C)nc2c1nnn2-c1ccc(C(C)C)cc1Br. The van der Waals surface area contributed by atoms with E-state index in [1.54, 1.807) is 11.8 Å². The van der Waals surface area contributed by atoms with Crippen LogP contribution in [0, 0.1) is 6.92 Å². The molecule has 0 aliphatic heterocycles. The van der Waals surface area contributed by atoms with Gasteiger partial charge in [0.25, 0.3) is 0 Å². The van der Waals surface area contributed by atoms with Gasteiger partial charge >= 0.3 is 0 Å². The van der Waals surface area contributed by atoms with Crippen LogP contribution < -0.4 is 4.74 Å². The van der Waals surface area contributed by atoms with Crippen molar-refractivity contribution in [1.82, 2.24) is 25.0 Å². The molecule has 0 aliphatic rings. The second kappa shape index (κ2) is 8.31. The lowest BCUT2D eigenvalue weighted by Crippen LogP contribution is -2.22. The Balaban J connectivity index is 2.07. The Morgan fingerprint density at radius 2 is 2.00 bits per heavy atom. The van der Waals surface area contributed by atoms with Crippen molar-refractivity contribution >= 4 is 27.1 Å². The summed E-state index contributed by atoms with van der Waals surface area (Å²) in [7, 11) is 1.65. The van der Waals surface area contributed by atoms with E-state index in [9.17, 15) is 0 Å². The number of hydrogen-bond donors (Lipinski definition) is 0. The minimum absolute atomic E-state index is 0.102. The van der Waals surface area contributed by atoms with E-state index in [-0.39, 0.29) is 6.10 Å². The first kappa shape index (κ1) is 19.7. The zero-order valence-corrected chi connectivity index (χ0v) is 17.8. The first-order chi connectivity index (χ1) is 12.9. The maximum absolute atomic E-state index is 6.02. The van der Waals surface area contributed by atoms with E-state index >= 15 is 0 Å². The maximum atomic E-state index is 6.02. The topological polar surface area (TPSA) is 75.0 Å². The molecule has 7 nitrogen and oxygen atoms in total. The van der Waals surface area contributed by atoms with Gasteiger partial charge in [-0.05, 0) is 52.9 Å². The molecule has 0 amide bonds. The van der Waals surface area contributed by atoms with Crippen LogP contribution in [0.5, 0.6) is 5.88 Å². The molecule has 0 saturated heterocycles. The molecule has 0 bridgehead atoms. The second-order valence-electron chi connectivity index (χ2n) is 6.72. The van der Waals surface area contributed by atoms with Crippen LogP contribution in [0.4, 0.5) is 0 Å². The fourth-order valence-electron chi connectivity index (χ4n) is 2.77. The van der Waals surface area contributed by atoms with Crippen molar-refractivity contribution in [3.63, 3.8) is 0 Å². The number of ether oxygens (including phenoxy) is 2. The molecule has 1 atom stereocenters. The Morgan fingerprint density at radius 1 is 1.22 bits per heavy atom. The van der Waals surface area contributed by atoms with E-state index < -0.39 is 0 Å². The van der Waals surface area contributed by atoms with Gasteiger partial charge in [-0.1, -0.05) is 32.1 Å². The van der Waals surface area contributed by atoms with Gasteiger partial charge in [-0.25, -0.2) is 4.98 Å². The highest BCUT2D eigenvalue weighted by Gasteiger charge is 2.20. The number of nitrogens with zero attached hydrogens (tertiary/aromatic N) is 5. The third-order valence-corrected chi connectivity index (χ3v) is 4.97. The van der Waals surface area contributed by atoms with Gasteiger partial charge in [0.2, 0.25) is 5.88 Å². The van der Waals surface area contributed by atoms with E-state index in [4.69, 9.17) is 9.47 Å². The molecule has 144 valence electrons. The maximum Gasteiger partial charge on any atom is 0.248 e. The molecule has 1 aromatic carbocycles. The van der Waals surface area contributed by atoms with Crippen molar-refractivity contribution in [2.24, 2.45) is 0 Å². The molecule has 3 aromatic rings. The van der Waals surface area contributed by atoms with E-state index in [2.05, 4.69) is 62.2 Å². The molecule has 2 aromatic heterocycles. The minimum atomic E-state index is -0.102. The lowest BCUT2D eigenvalue weighted by molar-refractivity contribution is 0.0765. The van der Waals surface area contributed by atoms with E-state index in [1.807, 2.05) is 19.9 Å². The lowest BCUT2D eigenvalue weighted by atomic mass is 10.0. The molecule has 1 unspecified atom stereocenters. The highest BCUT2D eigenvalue weighted by atomic mass is 79.9. The molecule has 0 radical (unpaired) electrons. The summed E-state index contributed by atoms with van der Waals surface area (Å²) >= 11 is 3.65. The Bertz CT molecular complexity index is 941. The van der Waals surface area contributed by atoms with E-state index in [0.29, 0.717) is 35.4 Å². The minimum Gasteiger partial charge on any atom is -0.470 e. The van der Waals surface area contributed by atoms with Gasteiger partial charge in [-0.2, -0.15) is 9.67 Å². The van der Waals surface area contributed by atoms with Crippen LogP contribution in [0.1, 0.15) is 44.5 Å². The third kappa shape index (κ3) is 4.11. The Hall–Kier alpha value is -2.06. The number of aryl methyl sites for hydroxylation is 1. The van der Waals surface area contributed by atoms with Crippen LogP contribution >= 0.6 is 15.9 Å². The summed E-state index contributed by atoms with van der Waals surface area (Å²) in [4.78, 5) is 8.97. The number of hydrogen-bond acceptors (Lipinski definition) is 6. The number of rotatable bonds is 7. The first-order valence-corrected chi connectivity index (χ1v) is 9.79. The van der Waals surface area contributed by atoms with Crippen LogP contribution in [0.15, 0.2) is 22.7 Å². The van der Waals surface area contributed by atoms with Crippen molar-refractivity contribution in [3.8, 4) is 11.6 Å². The predicted octanol–water partition coefficient (Wildman–Crippen LogP) is 4.21. The summed E-state index contributed by atoms with van der Waals surface area (Å²) in [6.07, 6.45) is 0.698. The molecule has 3 rings (SSSR count). The van der Waals surface area contributed by atoms with Crippen LogP contribution in [-0.4, -0.2) is 44.8 Å². The molecular weight excluding hydrogens is 410 g/mol. The van der Waals surface area contributed by atoms with Gasteiger partial charge in [0.05, 0.1) is 12.3 Å². The number of aromatic nitrogens is 5. The van der Waals surface area contributed by atoms with Crippen molar-refractivity contribution in [2.75, 3.05) is 13.7 Å². The monoisotopic (exact) mass is 433 g/mol. The lowest BCUT2D eigenvalue weighted by Gasteiger charge is -2.16. The molecule has 0 fully saturated rings. The first-order valence-electron chi connectivity index (χ1n) is 9.00. The van der Waals surface area contributed by atoms with Crippen molar-refractivity contribution < 1.29 is 9.47 Å². The average Bonchev–Trinajstić information content (AvgIpc) is 3.04. The van der Waals surface area contributed by atoms with E-state index in [0.717, 1.165) is 16.6 Å². The van der Waals surface area contributed by atoms with Crippen LogP contribution in [0.3, 0.4) is 0 Å². The van der Waals surface area contributed by atoms with Crippen LogP contribution in [-0.2, 0) is 4.74 Å². The molecule has 0 saturated carbocycles. The average molecular weight is 434 g/mol. The summed E-state index contributed by atoms with van der Waals surface area (Å²) in [6, 6.07) is 6.21. The predicted molar refractivity (Wildman–Crippen MR) is 108 cm³/mol.